The second kappa shape index (κ2) is 6.04. The third-order valence-corrected chi connectivity index (χ3v) is 4.97. The van der Waals surface area contributed by atoms with Crippen LogP contribution >= 0.6 is 11.8 Å². The Bertz CT molecular complexity index is 1130. The third-order valence-electron chi connectivity index (χ3n) is 4.03. The lowest BCUT2D eigenvalue weighted by molar-refractivity contribution is 0.922. The maximum atomic E-state index is 13.1. The molecule has 0 saturated heterocycles. The highest BCUT2D eigenvalue weighted by Crippen LogP contribution is 2.25. The molecule has 0 aliphatic rings. The fraction of sp³-hybridized carbons (Fsp3) is 0.211. The van der Waals surface area contributed by atoms with Gasteiger partial charge in [0.2, 0.25) is 5.78 Å². The summed E-state index contributed by atoms with van der Waals surface area (Å²) in [6, 6.07) is 15.5. The van der Waals surface area contributed by atoms with E-state index in [0.717, 1.165) is 21.9 Å². The number of hydrogen-bond acceptors (Lipinski definition) is 4. The lowest BCUT2D eigenvalue weighted by atomic mass is 10.2. The summed E-state index contributed by atoms with van der Waals surface area (Å²) >= 11 is 1.64. The van der Waals surface area contributed by atoms with Gasteiger partial charge in [0.1, 0.15) is 0 Å². The van der Waals surface area contributed by atoms with Crippen molar-refractivity contribution in [2.45, 2.75) is 31.2 Å². The number of thioether (sulfide) groups is 1. The van der Waals surface area contributed by atoms with Crippen molar-refractivity contribution in [1.29, 1.82) is 0 Å². The number of benzene rings is 2. The summed E-state index contributed by atoms with van der Waals surface area (Å²) < 4.78 is 3.61. The van der Waals surface area contributed by atoms with Crippen LogP contribution in [0.1, 0.15) is 19.4 Å². The Kier molecular flexibility index (Phi) is 3.84. The average Bonchev–Trinajstić information content (AvgIpc) is 2.99. The highest BCUT2D eigenvalue weighted by Gasteiger charge is 2.18. The number of fused-ring (bicyclic) bond motifs is 3. The van der Waals surface area contributed by atoms with Crippen molar-refractivity contribution in [3.8, 4) is 5.69 Å². The average molecular weight is 350 g/mol. The first-order valence-electron chi connectivity index (χ1n) is 8.19. The molecular weight excluding hydrogens is 332 g/mol. The number of nitrogens with zero attached hydrogens (tertiary/aromatic N) is 4. The van der Waals surface area contributed by atoms with E-state index in [9.17, 15) is 4.79 Å². The summed E-state index contributed by atoms with van der Waals surface area (Å²) in [6.45, 7) is 6.25. The summed E-state index contributed by atoms with van der Waals surface area (Å²) in [5, 5.41) is 10.5. The van der Waals surface area contributed by atoms with Gasteiger partial charge in [0.15, 0.2) is 5.16 Å². The molecule has 4 rings (SSSR count). The Morgan fingerprint density at radius 2 is 1.72 bits per heavy atom. The molecule has 6 heteroatoms. The first-order valence-corrected chi connectivity index (χ1v) is 9.07. The highest BCUT2D eigenvalue weighted by molar-refractivity contribution is 7.99. The van der Waals surface area contributed by atoms with Crippen LogP contribution in [0.25, 0.3) is 22.4 Å². The molecule has 25 heavy (non-hydrogen) atoms. The van der Waals surface area contributed by atoms with Crippen LogP contribution in [0.2, 0.25) is 0 Å². The topological polar surface area (TPSA) is 52.2 Å². The number of hydrogen-bond donors (Lipinski definition) is 0. The Morgan fingerprint density at radius 3 is 2.44 bits per heavy atom. The zero-order valence-electron chi connectivity index (χ0n) is 14.3. The van der Waals surface area contributed by atoms with E-state index in [-0.39, 0.29) is 5.56 Å². The number of aryl methyl sites for hydroxylation is 1. The summed E-state index contributed by atoms with van der Waals surface area (Å²) in [5.41, 5.74) is 2.69. The highest BCUT2D eigenvalue weighted by atomic mass is 32.2. The van der Waals surface area contributed by atoms with Gasteiger partial charge in [0, 0.05) is 5.25 Å². The molecule has 0 radical (unpaired) electrons. The molecule has 0 aliphatic heterocycles. The van der Waals surface area contributed by atoms with Gasteiger partial charge in [-0.05, 0) is 31.2 Å². The van der Waals surface area contributed by atoms with E-state index in [2.05, 4.69) is 24.0 Å². The van der Waals surface area contributed by atoms with Crippen molar-refractivity contribution < 1.29 is 0 Å². The summed E-state index contributed by atoms with van der Waals surface area (Å²) in [7, 11) is 0. The van der Waals surface area contributed by atoms with E-state index in [1.165, 1.54) is 0 Å². The summed E-state index contributed by atoms with van der Waals surface area (Å²) in [6.07, 6.45) is 0. The minimum atomic E-state index is -0.0829. The van der Waals surface area contributed by atoms with E-state index in [1.807, 2.05) is 59.9 Å². The van der Waals surface area contributed by atoms with Crippen molar-refractivity contribution in [3.63, 3.8) is 0 Å². The van der Waals surface area contributed by atoms with Gasteiger partial charge in [0.25, 0.3) is 5.56 Å². The molecule has 0 unspecified atom stereocenters. The standard InChI is InChI=1S/C19H18N4OS/c1-12(2)25-19-21-20-18-22(14-10-8-13(3)9-11-14)17(24)15-6-4-5-7-16(15)23(18)19/h4-12H,1-3H3. The molecule has 0 atom stereocenters. The molecule has 2 aromatic carbocycles. The van der Waals surface area contributed by atoms with E-state index in [4.69, 9.17) is 0 Å². The van der Waals surface area contributed by atoms with Crippen LogP contribution in [0.3, 0.4) is 0 Å². The summed E-state index contributed by atoms with van der Waals surface area (Å²) in [5.74, 6) is 0.538. The zero-order valence-corrected chi connectivity index (χ0v) is 15.1. The Balaban J connectivity index is 2.14. The fourth-order valence-corrected chi connectivity index (χ4v) is 3.69. The monoisotopic (exact) mass is 350 g/mol. The van der Waals surface area contributed by atoms with Crippen LogP contribution in [0.15, 0.2) is 58.5 Å². The van der Waals surface area contributed by atoms with Gasteiger partial charge >= 0.3 is 0 Å². The van der Waals surface area contributed by atoms with Crippen LogP contribution in [-0.4, -0.2) is 24.4 Å². The molecule has 0 amide bonds. The molecule has 0 aliphatic carbocycles. The van der Waals surface area contributed by atoms with Crippen molar-refractivity contribution >= 4 is 28.4 Å². The Hall–Kier alpha value is -2.60. The van der Waals surface area contributed by atoms with Crippen molar-refractivity contribution in [1.82, 2.24) is 19.2 Å². The number of rotatable bonds is 3. The van der Waals surface area contributed by atoms with Gasteiger partial charge in [-0.3, -0.25) is 9.20 Å². The predicted molar refractivity (Wildman–Crippen MR) is 102 cm³/mol. The first-order chi connectivity index (χ1) is 12.1. The van der Waals surface area contributed by atoms with Gasteiger partial charge in [-0.2, -0.15) is 0 Å². The smallest absolute Gasteiger partial charge is 0.267 e. The minimum absolute atomic E-state index is 0.0829. The SMILES string of the molecule is Cc1ccc(-n2c(=O)c3ccccc3n3c(SC(C)C)nnc23)cc1. The molecule has 5 nitrogen and oxygen atoms in total. The molecule has 0 fully saturated rings. The van der Waals surface area contributed by atoms with Gasteiger partial charge in [-0.1, -0.05) is 55.4 Å². The van der Waals surface area contributed by atoms with Crippen molar-refractivity contribution in [2.75, 3.05) is 0 Å². The molecule has 2 heterocycles. The largest absolute Gasteiger partial charge is 0.268 e. The van der Waals surface area contributed by atoms with Crippen LogP contribution in [0, 0.1) is 6.92 Å². The summed E-state index contributed by atoms with van der Waals surface area (Å²) in [4.78, 5) is 13.1. The van der Waals surface area contributed by atoms with Gasteiger partial charge in [-0.15, -0.1) is 10.2 Å². The maximum absolute atomic E-state index is 13.1. The van der Waals surface area contributed by atoms with E-state index < -0.39 is 0 Å². The molecule has 0 N–H and O–H groups in total. The molecule has 2 aromatic heterocycles. The van der Waals surface area contributed by atoms with E-state index in [0.29, 0.717) is 16.4 Å². The number of para-hydroxylation sites is 1. The molecule has 0 bridgehead atoms. The first kappa shape index (κ1) is 15.9. The van der Waals surface area contributed by atoms with Gasteiger partial charge in [-0.25, -0.2) is 4.57 Å². The maximum Gasteiger partial charge on any atom is 0.267 e. The second-order valence-electron chi connectivity index (χ2n) is 6.28. The normalized spacial score (nSPS) is 11.7. The van der Waals surface area contributed by atoms with Crippen molar-refractivity contribution in [3.05, 3.63) is 64.4 Å². The Morgan fingerprint density at radius 1 is 1.00 bits per heavy atom. The molecule has 0 spiro atoms. The lowest BCUT2D eigenvalue weighted by Crippen LogP contribution is -2.21. The quantitative estimate of drug-likeness (QED) is 0.527. The fourth-order valence-electron chi connectivity index (χ4n) is 2.89. The van der Waals surface area contributed by atoms with Gasteiger partial charge in [0.05, 0.1) is 16.6 Å². The molecular formula is C19H18N4OS. The lowest BCUT2D eigenvalue weighted by Gasteiger charge is -2.12. The van der Waals surface area contributed by atoms with Crippen LogP contribution < -0.4 is 5.56 Å². The van der Waals surface area contributed by atoms with Gasteiger partial charge < -0.3 is 0 Å². The van der Waals surface area contributed by atoms with Crippen LogP contribution in [-0.2, 0) is 0 Å². The van der Waals surface area contributed by atoms with Crippen LogP contribution in [0.4, 0.5) is 0 Å². The van der Waals surface area contributed by atoms with E-state index >= 15 is 0 Å². The molecule has 4 aromatic rings. The Labute approximate surface area is 149 Å². The second-order valence-corrected chi connectivity index (χ2v) is 7.82. The molecule has 126 valence electrons. The van der Waals surface area contributed by atoms with Crippen molar-refractivity contribution in [2.24, 2.45) is 0 Å². The van der Waals surface area contributed by atoms with Crippen LogP contribution in [0.5, 0.6) is 0 Å². The number of aromatic nitrogens is 4. The third kappa shape index (κ3) is 2.62. The van der Waals surface area contributed by atoms with E-state index in [1.54, 1.807) is 16.3 Å². The predicted octanol–water partition coefficient (Wildman–Crippen LogP) is 3.84. The zero-order chi connectivity index (χ0) is 17.6. The molecule has 0 saturated carbocycles. The minimum Gasteiger partial charge on any atom is -0.268 e.